The van der Waals surface area contributed by atoms with Gasteiger partial charge in [0.2, 0.25) is 0 Å². The Bertz CT molecular complexity index is 857. The molecule has 1 atom stereocenters. The Morgan fingerprint density at radius 2 is 1.81 bits per heavy atom. The highest BCUT2D eigenvalue weighted by molar-refractivity contribution is 7.19. The van der Waals surface area contributed by atoms with E-state index in [1.165, 1.54) is 21.2 Å². The summed E-state index contributed by atoms with van der Waals surface area (Å²) in [4.78, 5) is 3.54. The molecule has 0 amide bonds. The van der Waals surface area contributed by atoms with Gasteiger partial charge in [0, 0.05) is 29.2 Å². The number of aliphatic hydroxyl groups is 1. The van der Waals surface area contributed by atoms with E-state index in [9.17, 15) is 5.11 Å². The van der Waals surface area contributed by atoms with Crippen LogP contribution in [0.15, 0.2) is 72.3 Å². The Morgan fingerprint density at radius 3 is 2.56 bits per heavy atom. The van der Waals surface area contributed by atoms with Crippen LogP contribution in [0.4, 0.5) is 0 Å². The Hall–Kier alpha value is -1.65. The van der Waals surface area contributed by atoms with Gasteiger partial charge in [-0.3, -0.25) is 4.90 Å². The molecule has 2 nitrogen and oxygen atoms in total. The Morgan fingerprint density at radius 1 is 1.04 bits per heavy atom. The minimum atomic E-state index is -0.359. The van der Waals surface area contributed by atoms with Gasteiger partial charge in [-0.1, -0.05) is 60.2 Å². The van der Waals surface area contributed by atoms with Gasteiger partial charge in [-0.25, -0.2) is 0 Å². The van der Waals surface area contributed by atoms with Gasteiger partial charge in [0.1, 0.15) is 0 Å². The number of halogens is 1. The molecule has 2 heterocycles. The third kappa shape index (κ3) is 5.20. The molecule has 0 saturated heterocycles. The molecule has 1 N–H and O–H groups in total. The van der Waals surface area contributed by atoms with Gasteiger partial charge in [-0.2, -0.15) is 0 Å². The van der Waals surface area contributed by atoms with Crippen molar-refractivity contribution in [1.29, 1.82) is 0 Å². The Balaban J connectivity index is 0.00000210. The third-order valence-corrected chi connectivity index (χ3v) is 6.37. The predicted octanol–water partition coefficient (Wildman–Crippen LogP) is 5.62. The molecular formula is C23H26ClNOS. The second-order valence-corrected chi connectivity index (χ2v) is 8.18. The van der Waals surface area contributed by atoms with E-state index in [0.717, 1.165) is 43.8 Å². The number of aliphatic hydroxyl groups excluding tert-OH is 1. The lowest BCUT2D eigenvalue weighted by Gasteiger charge is -2.27. The zero-order chi connectivity index (χ0) is 17.8. The summed E-state index contributed by atoms with van der Waals surface area (Å²) in [7, 11) is 0. The fourth-order valence-electron chi connectivity index (χ4n) is 3.59. The summed E-state index contributed by atoms with van der Waals surface area (Å²) in [6, 6.07) is 21.2. The van der Waals surface area contributed by atoms with E-state index in [1.54, 1.807) is 11.3 Å². The predicted molar refractivity (Wildman–Crippen MR) is 118 cm³/mol. The lowest BCUT2D eigenvalue weighted by Crippen LogP contribution is -2.30. The van der Waals surface area contributed by atoms with E-state index in [4.69, 9.17) is 0 Å². The lowest BCUT2D eigenvalue weighted by atomic mass is 9.99. The molecule has 0 spiro atoms. The molecule has 4 heteroatoms. The van der Waals surface area contributed by atoms with Gasteiger partial charge in [-0.05, 0) is 42.3 Å². The maximum absolute atomic E-state index is 10.6. The number of fused-ring (bicyclic) bond motifs is 1. The first kappa shape index (κ1) is 20.1. The molecule has 27 heavy (non-hydrogen) atoms. The smallest absolute Gasteiger partial charge is 0.0894 e. The first-order valence-electron chi connectivity index (χ1n) is 9.39. The maximum Gasteiger partial charge on any atom is 0.0894 e. The largest absolute Gasteiger partial charge is 0.388 e. The monoisotopic (exact) mass is 399 g/mol. The Labute approximate surface area is 171 Å². The van der Waals surface area contributed by atoms with Crippen molar-refractivity contribution in [2.75, 3.05) is 19.6 Å². The highest BCUT2D eigenvalue weighted by Gasteiger charge is 2.16. The second kappa shape index (κ2) is 9.52. The summed E-state index contributed by atoms with van der Waals surface area (Å²) in [5.74, 6) is 0. The van der Waals surface area contributed by atoms with E-state index in [0.29, 0.717) is 0 Å². The first-order valence-corrected chi connectivity index (χ1v) is 10.2. The molecule has 3 aromatic rings. The zero-order valence-electron chi connectivity index (χ0n) is 15.4. The van der Waals surface area contributed by atoms with Crippen LogP contribution in [0.1, 0.15) is 29.4 Å². The van der Waals surface area contributed by atoms with E-state index < -0.39 is 0 Å². The molecule has 0 bridgehead atoms. The minimum absolute atomic E-state index is 0. The van der Waals surface area contributed by atoms with Crippen molar-refractivity contribution in [3.63, 3.8) is 0 Å². The van der Waals surface area contributed by atoms with Crippen molar-refractivity contribution in [1.82, 2.24) is 4.90 Å². The molecule has 142 valence electrons. The molecule has 0 aliphatic carbocycles. The third-order valence-electron chi connectivity index (χ3n) is 5.15. The fraction of sp³-hybridized carbons (Fsp3) is 0.304. The van der Waals surface area contributed by atoms with Crippen LogP contribution in [-0.4, -0.2) is 29.6 Å². The van der Waals surface area contributed by atoms with Crippen molar-refractivity contribution >= 4 is 33.8 Å². The summed E-state index contributed by atoms with van der Waals surface area (Å²) in [5, 5.41) is 11.8. The van der Waals surface area contributed by atoms with E-state index in [2.05, 4.69) is 71.6 Å². The summed E-state index contributed by atoms with van der Waals surface area (Å²) in [6.07, 6.45) is 5.02. The standard InChI is InChI=1S/C23H25NOS.ClH/c25-21(23-17-20-8-4-5-9-22(20)26-23)12-15-24-13-10-19(11-14-24)16-18-6-2-1-3-7-18;/h1-10,17,21,25H,11-16H2;1H. The lowest BCUT2D eigenvalue weighted by molar-refractivity contribution is 0.147. The van der Waals surface area contributed by atoms with Crippen molar-refractivity contribution in [2.45, 2.75) is 25.4 Å². The number of thiophene rings is 1. The zero-order valence-corrected chi connectivity index (χ0v) is 17.0. The van der Waals surface area contributed by atoms with Gasteiger partial charge in [0.15, 0.2) is 0 Å². The molecule has 1 aliphatic heterocycles. The van der Waals surface area contributed by atoms with E-state index in [-0.39, 0.29) is 18.5 Å². The average molecular weight is 400 g/mol. The van der Waals surface area contributed by atoms with E-state index >= 15 is 0 Å². The maximum atomic E-state index is 10.6. The summed E-state index contributed by atoms with van der Waals surface area (Å²) < 4.78 is 1.26. The Kier molecular flexibility index (Phi) is 7.08. The molecule has 0 fully saturated rings. The molecule has 1 aliphatic rings. The number of nitrogens with zero attached hydrogens (tertiary/aromatic N) is 1. The van der Waals surface area contributed by atoms with Gasteiger partial charge < -0.3 is 5.11 Å². The first-order chi connectivity index (χ1) is 12.8. The van der Waals surface area contributed by atoms with Gasteiger partial charge in [0.05, 0.1) is 6.10 Å². The fourth-order valence-corrected chi connectivity index (χ4v) is 4.67. The van der Waals surface area contributed by atoms with Crippen LogP contribution in [0.3, 0.4) is 0 Å². The van der Waals surface area contributed by atoms with Crippen LogP contribution in [0, 0.1) is 0 Å². The summed E-state index contributed by atoms with van der Waals surface area (Å²) >= 11 is 1.71. The minimum Gasteiger partial charge on any atom is -0.388 e. The summed E-state index contributed by atoms with van der Waals surface area (Å²) in [6.45, 7) is 3.05. The molecule has 1 unspecified atom stereocenters. The molecular weight excluding hydrogens is 374 g/mol. The van der Waals surface area contributed by atoms with Gasteiger partial charge >= 0.3 is 0 Å². The number of hydrogen-bond donors (Lipinski definition) is 1. The highest BCUT2D eigenvalue weighted by atomic mass is 35.5. The number of rotatable bonds is 6. The molecule has 0 saturated carbocycles. The van der Waals surface area contributed by atoms with Crippen molar-refractivity contribution in [3.05, 3.63) is 82.8 Å². The van der Waals surface area contributed by atoms with Crippen molar-refractivity contribution in [2.24, 2.45) is 0 Å². The normalized spacial score (nSPS) is 16.0. The van der Waals surface area contributed by atoms with Crippen LogP contribution in [0.25, 0.3) is 10.1 Å². The number of benzene rings is 2. The van der Waals surface area contributed by atoms with Crippen LogP contribution in [-0.2, 0) is 6.42 Å². The van der Waals surface area contributed by atoms with Crippen LogP contribution in [0.5, 0.6) is 0 Å². The van der Waals surface area contributed by atoms with Crippen molar-refractivity contribution in [3.8, 4) is 0 Å². The SMILES string of the molecule is Cl.OC(CCN1CC=C(Cc2ccccc2)CC1)c1cc2ccccc2s1. The summed E-state index contributed by atoms with van der Waals surface area (Å²) in [5.41, 5.74) is 2.94. The van der Waals surface area contributed by atoms with Crippen molar-refractivity contribution < 1.29 is 5.11 Å². The van der Waals surface area contributed by atoms with Crippen LogP contribution >= 0.6 is 23.7 Å². The topological polar surface area (TPSA) is 23.5 Å². The van der Waals surface area contributed by atoms with Crippen LogP contribution < -0.4 is 0 Å². The second-order valence-electron chi connectivity index (χ2n) is 7.07. The molecule has 4 rings (SSSR count). The van der Waals surface area contributed by atoms with Gasteiger partial charge in [0.25, 0.3) is 0 Å². The van der Waals surface area contributed by atoms with Crippen LogP contribution in [0.2, 0.25) is 0 Å². The molecule has 0 radical (unpaired) electrons. The highest BCUT2D eigenvalue weighted by Crippen LogP contribution is 2.31. The number of hydrogen-bond acceptors (Lipinski definition) is 3. The quantitative estimate of drug-likeness (QED) is 0.543. The van der Waals surface area contributed by atoms with Gasteiger partial charge in [-0.15, -0.1) is 23.7 Å². The average Bonchev–Trinajstić information content (AvgIpc) is 3.12. The molecule has 2 aromatic carbocycles. The van der Waals surface area contributed by atoms with E-state index in [1.807, 2.05) is 0 Å². The molecule has 1 aromatic heterocycles.